The molecule has 0 N–H and O–H groups in total. The Balaban J connectivity index is 1.89. The molecule has 0 atom stereocenters. The topological polar surface area (TPSA) is 0 Å². The minimum absolute atomic E-state index is 1.06. The van der Waals surface area contributed by atoms with Gasteiger partial charge in [-0.1, -0.05) is 136 Å². The van der Waals surface area contributed by atoms with Crippen LogP contribution in [0.1, 0.15) is 89.3 Å². The summed E-state index contributed by atoms with van der Waals surface area (Å²) in [5.74, 6) is 0. The van der Waals surface area contributed by atoms with Gasteiger partial charge in [0.05, 0.1) is 0 Å². The van der Waals surface area contributed by atoms with Crippen LogP contribution in [-0.2, 0) is 19.3 Å². The van der Waals surface area contributed by atoms with Gasteiger partial charge in [-0.3, -0.25) is 0 Å². The lowest BCUT2D eigenvalue weighted by atomic mass is 10.1. The fourth-order valence-electron chi connectivity index (χ4n) is 5.99. The average Bonchev–Trinajstić information content (AvgIpc) is 3.38. The number of allylic oxidation sites excluding steroid dienone is 4. The van der Waals surface area contributed by atoms with Crippen molar-refractivity contribution < 1.29 is 0 Å². The second-order valence-corrected chi connectivity index (χ2v) is 14.8. The molecular weight excluding hydrogens is 460 g/mol. The minimum Gasteiger partial charge on any atom is -0.0806 e. The lowest BCUT2D eigenvalue weighted by Gasteiger charge is -2.36. The van der Waals surface area contributed by atoms with Crippen LogP contribution >= 0.6 is 0 Å². The van der Waals surface area contributed by atoms with E-state index in [9.17, 15) is 0 Å². The molecule has 0 heterocycles. The molecule has 0 radical (unpaired) electrons. The van der Waals surface area contributed by atoms with Crippen LogP contribution in [-0.4, -0.2) is 8.07 Å². The Hall–Kier alpha value is -2.64. The first-order chi connectivity index (χ1) is 18.1. The van der Waals surface area contributed by atoms with Crippen molar-refractivity contribution in [1.29, 1.82) is 0 Å². The van der Waals surface area contributed by atoms with Crippen molar-refractivity contribution in [2.45, 2.75) is 91.9 Å². The summed E-state index contributed by atoms with van der Waals surface area (Å²) in [4.78, 5) is 0. The molecule has 0 aromatic heterocycles. The maximum Gasteiger partial charge on any atom is 0.176 e. The third kappa shape index (κ3) is 6.09. The molecule has 194 valence electrons. The first kappa shape index (κ1) is 27.4. The van der Waals surface area contributed by atoms with Gasteiger partial charge in [0, 0.05) is 0 Å². The number of unbranched alkanes of at least 4 members (excludes halogenated alkanes) is 3. The van der Waals surface area contributed by atoms with E-state index in [1.807, 2.05) is 0 Å². The van der Waals surface area contributed by atoms with Crippen molar-refractivity contribution >= 4 is 23.6 Å². The van der Waals surface area contributed by atoms with E-state index in [4.69, 9.17) is 0 Å². The number of aryl methyl sites for hydroxylation is 3. The molecule has 0 saturated carbocycles. The monoisotopic (exact) mass is 506 g/mol. The molecule has 1 aliphatic carbocycles. The van der Waals surface area contributed by atoms with Crippen molar-refractivity contribution in [1.82, 2.24) is 0 Å². The van der Waals surface area contributed by atoms with Gasteiger partial charge < -0.3 is 0 Å². The van der Waals surface area contributed by atoms with Crippen molar-refractivity contribution in [3.05, 3.63) is 112 Å². The zero-order chi connectivity index (χ0) is 26.1. The lowest BCUT2D eigenvalue weighted by Crippen LogP contribution is -2.68. The predicted molar refractivity (Wildman–Crippen MR) is 166 cm³/mol. The standard InChI is InChI=1S/C36H46Si/c1-5-8-13-30-17-23-33(24-18-30)37(36-16-11-12-29(36)4,34-25-19-31(20-26-34)14-9-6-2)35-27-21-32(22-28-35)15-10-7-3/h11-12,17-28H,5-10,13-16H2,1-4H3. The highest BCUT2D eigenvalue weighted by Gasteiger charge is 2.44. The van der Waals surface area contributed by atoms with Gasteiger partial charge in [0.2, 0.25) is 0 Å². The molecule has 0 amide bonds. The lowest BCUT2D eigenvalue weighted by molar-refractivity contribution is 0.795. The highest BCUT2D eigenvalue weighted by molar-refractivity contribution is 7.16. The van der Waals surface area contributed by atoms with Crippen molar-refractivity contribution in [2.75, 3.05) is 0 Å². The van der Waals surface area contributed by atoms with Gasteiger partial charge in [-0.05, 0) is 84.1 Å². The van der Waals surface area contributed by atoms with Gasteiger partial charge in [-0.2, -0.15) is 0 Å². The first-order valence-electron chi connectivity index (χ1n) is 14.8. The Bertz CT molecular complexity index is 1050. The highest BCUT2D eigenvalue weighted by atomic mass is 28.3. The molecule has 1 aliphatic rings. The van der Waals surface area contributed by atoms with Crippen LogP contribution < -0.4 is 15.6 Å². The van der Waals surface area contributed by atoms with Gasteiger partial charge >= 0.3 is 0 Å². The molecule has 4 rings (SSSR count). The van der Waals surface area contributed by atoms with E-state index in [0.29, 0.717) is 0 Å². The van der Waals surface area contributed by atoms with E-state index < -0.39 is 8.07 Å². The van der Waals surface area contributed by atoms with Crippen LogP contribution in [0.25, 0.3) is 0 Å². The zero-order valence-corrected chi connectivity index (χ0v) is 24.7. The molecule has 0 fully saturated rings. The molecule has 37 heavy (non-hydrogen) atoms. The third-order valence-corrected chi connectivity index (χ3v) is 13.3. The van der Waals surface area contributed by atoms with E-state index in [2.05, 4.69) is 113 Å². The predicted octanol–water partition coefficient (Wildman–Crippen LogP) is 8.00. The van der Waals surface area contributed by atoms with Crippen LogP contribution in [0.3, 0.4) is 0 Å². The van der Waals surface area contributed by atoms with Gasteiger partial charge in [-0.25, -0.2) is 0 Å². The van der Waals surface area contributed by atoms with Crippen molar-refractivity contribution in [2.24, 2.45) is 0 Å². The Kier molecular flexibility index (Phi) is 9.80. The van der Waals surface area contributed by atoms with Crippen molar-refractivity contribution in [3.63, 3.8) is 0 Å². The molecule has 0 nitrogen and oxygen atoms in total. The fourth-order valence-corrected chi connectivity index (χ4v) is 11.1. The Morgan fingerprint density at radius 2 is 0.892 bits per heavy atom. The minimum atomic E-state index is -2.40. The van der Waals surface area contributed by atoms with Gasteiger partial charge in [-0.15, -0.1) is 0 Å². The quantitative estimate of drug-likeness (QED) is 0.163. The molecule has 0 bridgehead atoms. The largest absolute Gasteiger partial charge is 0.176 e. The van der Waals surface area contributed by atoms with Crippen LogP contribution in [0.15, 0.2) is 95.7 Å². The molecule has 3 aromatic rings. The summed E-state index contributed by atoms with van der Waals surface area (Å²) < 4.78 is 0. The highest BCUT2D eigenvalue weighted by Crippen LogP contribution is 2.29. The Labute approximate surface area is 227 Å². The summed E-state index contributed by atoms with van der Waals surface area (Å²) in [7, 11) is -2.40. The number of hydrogen-bond donors (Lipinski definition) is 0. The Morgan fingerprint density at radius 3 is 1.16 bits per heavy atom. The molecule has 0 aliphatic heterocycles. The molecule has 0 spiro atoms. The molecule has 3 aromatic carbocycles. The van der Waals surface area contributed by atoms with Crippen LogP contribution in [0, 0.1) is 0 Å². The maximum atomic E-state index is 2.48. The van der Waals surface area contributed by atoms with Gasteiger partial charge in [0.25, 0.3) is 0 Å². The average molecular weight is 507 g/mol. The summed E-state index contributed by atoms with van der Waals surface area (Å²) in [6.45, 7) is 9.18. The van der Waals surface area contributed by atoms with Crippen LogP contribution in [0.4, 0.5) is 0 Å². The normalized spacial score (nSPS) is 13.5. The van der Waals surface area contributed by atoms with E-state index in [1.54, 1.807) is 5.20 Å². The number of rotatable bonds is 13. The molecule has 0 saturated heterocycles. The third-order valence-electron chi connectivity index (χ3n) is 8.24. The van der Waals surface area contributed by atoms with Crippen LogP contribution in [0.5, 0.6) is 0 Å². The first-order valence-corrected chi connectivity index (χ1v) is 16.8. The zero-order valence-electron chi connectivity index (χ0n) is 23.7. The summed E-state index contributed by atoms with van der Waals surface area (Å²) in [5, 5.41) is 6.21. The Morgan fingerprint density at radius 1 is 0.541 bits per heavy atom. The van der Waals surface area contributed by atoms with Crippen LogP contribution in [0.2, 0.25) is 0 Å². The van der Waals surface area contributed by atoms with Gasteiger partial charge in [0.15, 0.2) is 8.07 Å². The second kappa shape index (κ2) is 13.2. The molecule has 1 heteroatoms. The summed E-state index contributed by atoms with van der Waals surface area (Å²) in [6.07, 6.45) is 16.8. The smallest absolute Gasteiger partial charge is 0.0806 e. The van der Waals surface area contributed by atoms with Gasteiger partial charge in [0.1, 0.15) is 0 Å². The summed E-state index contributed by atoms with van der Waals surface area (Å²) in [6, 6.07) is 29.3. The number of benzene rings is 3. The SMILES string of the molecule is CCCCc1ccc([Si](C2=C(C)C=CC2)(c2ccc(CCCC)cc2)c2ccc(CCCC)cc2)cc1. The van der Waals surface area contributed by atoms with Crippen molar-refractivity contribution in [3.8, 4) is 0 Å². The van der Waals surface area contributed by atoms with E-state index in [1.165, 1.54) is 95.6 Å². The fraction of sp³-hybridized carbons (Fsp3) is 0.389. The number of hydrogen-bond acceptors (Lipinski definition) is 0. The van der Waals surface area contributed by atoms with E-state index in [0.717, 1.165) is 6.42 Å². The molecule has 0 unspecified atom stereocenters. The molecular formula is C36H46Si. The van der Waals surface area contributed by atoms with E-state index >= 15 is 0 Å². The summed E-state index contributed by atoms with van der Waals surface area (Å²) >= 11 is 0. The maximum absolute atomic E-state index is 2.48. The second-order valence-electron chi connectivity index (χ2n) is 10.9. The summed E-state index contributed by atoms with van der Waals surface area (Å²) in [5.41, 5.74) is 5.86. The van der Waals surface area contributed by atoms with E-state index in [-0.39, 0.29) is 0 Å².